The molecular formula is C21H18N4OS. The number of carbonyl (C=O) groups excluding carboxylic acids is 1. The van der Waals surface area contributed by atoms with Crippen LogP contribution in [0.25, 0.3) is 22.2 Å². The van der Waals surface area contributed by atoms with E-state index in [9.17, 15) is 4.79 Å². The number of anilines is 1. The zero-order chi connectivity index (χ0) is 18.8. The van der Waals surface area contributed by atoms with E-state index in [1.807, 2.05) is 62.4 Å². The molecule has 2 aromatic carbocycles. The Morgan fingerprint density at radius 1 is 1.07 bits per heavy atom. The van der Waals surface area contributed by atoms with Gasteiger partial charge in [-0.1, -0.05) is 60.2 Å². The van der Waals surface area contributed by atoms with E-state index in [2.05, 4.69) is 21.6 Å². The highest BCUT2D eigenvalue weighted by Crippen LogP contribution is 2.26. The van der Waals surface area contributed by atoms with Gasteiger partial charge < -0.3 is 0 Å². The Kier molecular flexibility index (Phi) is 4.64. The normalized spacial score (nSPS) is 10.9. The molecule has 4 aromatic rings. The predicted octanol–water partition coefficient (Wildman–Crippen LogP) is 4.88. The first kappa shape index (κ1) is 17.3. The van der Waals surface area contributed by atoms with Gasteiger partial charge in [0.1, 0.15) is 5.01 Å². The topological polar surface area (TPSA) is 67.8 Å². The van der Waals surface area contributed by atoms with E-state index in [-0.39, 0.29) is 5.91 Å². The van der Waals surface area contributed by atoms with Crippen LogP contribution in [0.1, 0.15) is 27.9 Å². The van der Waals surface area contributed by atoms with Crippen molar-refractivity contribution in [3.8, 4) is 11.3 Å². The van der Waals surface area contributed by atoms with Crippen LogP contribution in [-0.2, 0) is 6.42 Å². The summed E-state index contributed by atoms with van der Waals surface area (Å²) in [6, 6.07) is 17.6. The van der Waals surface area contributed by atoms with Gasteiger partial charge >= 0.3 is 0 Å². The molecule has 0 aliphatic carbocycles. The molecule has 0 saturated carbocycles. The molecule has 27 heavy (non-hydrogen) atoms. The molecule has 0 saturated heterocycles. The van der Waals surface area contributed by atoms with Crippen molar-refractivity contribution in [2.24, 2.45) is 0 Å². The largest absolute Gasteiger partial charge is 0.296 e. The molecule has 4 rings (SSSR count). The molecule has 6 heteroatoms. The van der Waals surface area contributed by atoms with Crippen molar-refractivity contribution < 1.29 is 4.79 Å². The number of para-hydroxylation sites is 1. The van der Waals surface area contributed by atoms with Gasteiger partial charge in [0.2, 0.25) is 5.13 Å². The summed E-state index contributed by atoms with van der Waals surface area (Å²) in [4.78, 5) is 17.7. The highest BCUT2D eigenvalue weighted by atomic mass is 32.1. The average Bonchev–Trinajstić information content (AvgIpc) is 3.14. The van der Waals surface area contributed by atoms with Gasteiger partial charge in [0.15, 0.2) is 0 Å². The van der Waals surface area contributed by atoms with Crippen molar-refractivity contribution in [1.82, 2.24) is 15.2 Å². The number of hydrogen-bond donors (Lipinski definition) is 1. The minimum atomic E-state index is -0.207. The molecule has 2 aromatic heterocycles. The molecule has 2 heterocycles. The van der Waals surface area contributed by atoms with E-state index in [1.54, 1.807) is 0 Å². The number of benzene rings is 2. The van der Waals surface area contributed by atoms with E-state index in [0.29, 0.717) is 10.7 Å². The molecule has 1 amide bonds. The Bertz CT molecular complexity index is 1140. The maximum atomic E-state index is 13.0. The van der Waals surface area contributed by atoms with Crippen molar-refractivity contribution in [1.29, 1.82) is 0 Å². The Hall–Kier alpha value is -3.12. The first-order valence-corrected chi connectivity index (χ1v) is 9.56. The lowest BCUT2D eigenvalue weighted by Gasteiger charge is -2.10. The summed E-state index contributed by atoms with van der Waals surface area (Å²) >= 11 is 1.39. The maximum absolute atomic E-state index is 13.0. The van der Waals surface area contributed by atoms with Gasteiger partial charge in [-0.2, -0.15) is 0 Å². The van der Waals surface area contributed by atoms with Crippen molar-refractivity contribution in [3.05, 3.63) is 70.7 Å². The zero-order valence-electron chi connectivity index (χ0n) is 15.1. The van der Waals surface area contributed by atoms with Crippen LogP contribution in [0.15, 0.2) is 54.6 Å². The van der Waals surface area contributed by atoms with Crippen LogP contribution in [0, 0.1) is 6.92 Å². The second-order valence-corrected chi connectivity index (χ2v) is 7.31. The fraction of sp³-hybridized carbons (Fsp3) is 0.143. The molecule has 5 nitrogen and oxygen atoms in total. The molecule has 0 spiro atoms. The van der Waals surface area contributed by atoms with E-state index in [1.165, 1.54) is 11.3 Å². The van der Waals surface area contributed by atoms with Gasteiger partial charge in [-0.25, -0.2) is 4.98 Å². The van der Waals surface area contributed by atoms with Gasteiger partial charge in [-0.15, -0.1) is 10.2 Å². The number of carbonyl (C=O) groups is 1. The number of nitrogens with zero attached hydrogens (tertiary/aromatic N) is 3. The summed E-state index contributed by atoms with van der Waals surface area (Å²) < 4.78 is 0. The van der Waals surface area contributed by atoms with Crippen LogP contribution in [-0.4, -0.2) is 21.1 Å². The zero-order valence-corrected chi connectivity index (χ0v) is 15.9. The first-order valence-electron chi connectivity index (χ1n) is 8.74. The van der Waals surface area contributed by atoms with Crippen LogP contribution >= 0.6 is 11.3 Å². The average molecular weight is 374 g/mol. The lowest BCUT2D eigenvalue weighted by molar-refractivity contribution is 0.102. The summed E-state index contributed by atoms with van der Waals surface area (Å²) in [5.74, 6) is -0.207. The SMILES string of the molecule is CCc1nnc(NC(=O)c2cc(-c3cccc(C)c3)nc3ccccc23)s1. The van der Waals surface area contributed by atoms with E-state index in [4.69, 9.17) is 4.98 Å². The highest BCUT2D eigenvalue weighted by molar-refractivity contribution is 7.15. The molecule has 0 bridgehead atoms. The van der Waals surface area contributed by atoms with Crippen LogP contribution in [0.5, 0.6) is 0 Å². The lowest BCUT2D eigenvalue weighted by atomic mass is 10.0. The highest BCUT2D eigenvalue weighted by Gasteiger charge is 2.16. The lowest BCUT2D eigenvalue weighted by Crippen LogP contribution is -2.13. The van der Waals surface area contributed by atoms with Gasteiger partial charge in [0.05, 0.1) is 16.8 Å². The summed E-state index contributed by atoms with van der Waals surface area (Å²) in [7, 11) is 0. The molecule has 0 fully saturated rings. The fourth-order valence-electron chi connectivity index (χ4n) is 2.93. The Balaban J connectivity index is 1.79. The van der Waals surface area contributed by atoms with Crippen LogP contribution < -0.4 is 5.32 Å². The molecule has 0 radical (unpaired) electrons. The number of amides is 1. The van der Waals surface area contributed by atoms with Gasteiger partial charge in [0.25, 0.3) is 5.91 Å². The molecule has 0 atom stereocenters. The number of aromatic nitrogens is 3. The van der Waals surface area contributed by atoms with E-state index >= 15 is 0 Å². The number of rotatable bonds is 4. The second kappa shape index (κ2) is 7.25. The van der Waals surface area contributed by atoms with Gasteiger partial charge in [0, 0.05) is 10.9 Å². The smallest absolute Gasteiger partial charge is 0.258 e. The maximum Gasteiger partial charge on any atom is 0.258 e. The number of pyridine rings is 1. The number of aryl methyl sites for hydroxylation is 2. The van der Waals surface area contributed by atoms with Crippen molar-refractivity contribution in [2.75, 3.05) is 5.32 Å². The minimum absolute atomic E-state index is 0.207. The van der Waals surface area contributed by atoms with E-state index < -0.39 is 0 Å². The van der Waals surface area contributed by atoms with Gasteiger partial charge in [-0.05, 0) is 31.5 Å². The van der Waals surface area contributed by atoms with E-state index in [0.717, 1.165) is 39.2 Å². The Morgan fingerprint density at radius 3 is 2.70 bits per heavy atom. The summed E-state index contributed by atoms with van der Waals surface area (Å²) in [6.45, 7) is 4.05. The quantitative estimate of drug-likeness (QED) is 0.553. The summed E-state index contributed by atoms with van der Waals surface area (Å²) in [5, 5.41) is 13.2. The Morgan fingerprint density at radius 2 is 1.93 bits per heavy atom. The molecule has 0 aliphatic heterocycles. The summed E-state index contributed by atoms with van der Waals surface area (Å²) in [5.41, 5.74) is 4.26. The molecular weight excluding hydrogens is 356 g/mol. The Labute approximate surface area is 161 Å². The third-order valence-electron chi connectivity index (χ3n) is 4.26. The standard InChI is InChI=1S/C21H18N4OS/c1-3-19-24-25-21(27-19)23-20(26)16-12-18(14-8-6-7-13(2)11-14)22-17-10-5-4-9-15(16)17/h4-12H,3H2,1-2H3,(H,23,25,26). The molecule has 1 N–H and O–H groups in total. The van der Waals surface area contributed by atoms with Crippen molar-refractivity contribution in [3.63, 3.8) is 0 Å². The van der Waals surface area contributed by atoms with Crippen molar-refractivity contribution >= 4 is 33.3 Å². The predicted molar refractivity (Wildman–Crippen MR) is 109 cm³/mol. The van der Waals surface area contributed by atoms with Crippen LogP contribution in [0.3, 0.4) is 0 Å². The first-order chi connectivity index (χ1) is 13.1. The van der Waals surface area contributed by atoms with Gasteiger partial charge in [-0.3, -0.25) is 10.1 Å². The minimum Gasteiger partial charge on any atom is -0.296 e. The third-order valence-corrected chi connectivity index (χ3v) is 5.25. The monoisotopic (exact) mass is 374 g/mol. The molecule has 134 valence electrons. The van der Waals surface area contributed by atoms with Crippen LogP contribution in [0.2, 0.25) is 0 Å². The fourth-order valence-corrected chi connectivity index (χ4v) is 3.60. The van der Waals surface area contributed by atoms with Crippen molar-refractivity contribution in [2.45, 2.75) is 20.3 Å². The number of nitrogens with one attached hydrogen (secondary N) is 1. The summed E-state index contributed by atoms with van der Waals surface area (Å²) in [6.07, 6.45) is 0.795. The second-order valence-electron chi connectivity index (χ2n) is 6.25. The number of hydrogen-bond acceptors (Lipinski definition) is 5. The van der Waals surface area contributed by atoms with Crippen LogP contribution in [0.4, 0.5) is 5.13 Å². The molecule has 0 unspecified atom stereocenters. The molecule has 0 aliphatic rings. The third kappa shape index (κ3) is 3.57. The number of fused-ring (bicyclic) bond motifs is 1.